The Morgan fingerprint density at radius 1 is 1.25 bits per heavy atom. The molecule has 0 saturated carbocycles. The van der Waals surface area contributed by atoms with Gasteiger partial charge in [-0.05, 0) is 44.0 Å². The van der Waals surface area contributed by atoms with Crippen LogP contribution in [0.2, 0.25) is 0 Å². The first kappa shape index (κ1) is 17.8. The van der Waals surface area contributed by atoms with Crippen LogP contribution < -0.4 is 15.8 Å². The van der Waals surface area contributed by atoms with Crippen LogP contribution in [0.1, 0.15) is 34.9 Å². The first-order chi connectivity index (χ1) is 11.5. The number of hydrogen-bond donors (Lipinski definition) is 2. The van der Waals surface area contributed by atoms with Crippen LogP contribution in [0, 0.1) is 36.5 Å². The molecule has 0 unspecified atom stereocenters. The van der Waals surface area contributed by atoms with Gasteiger partial charge in [0.25, 0.3) is 0 Å². The van der Waals surface area contributed by atoms with E-state index in [0.29, 0.717) is 10.4 Å². The Morgan fingerprint density at radius 3 is 2.58 bits per heavy atom. The van der Waals surface area contributed by atoms with Crippen LogP contribution in [0.5, 0.6) is 0 Å². The van der Waals surface area contributed by atoms with Crippen molar-refractivity contribution >= 4 is 27.7 Å². The highest BCUT2D eigenvalue weighted by molar-refractivity contribution is 7.16. The lowest BCUT2D eigenvalue weighted by Crippen LogP contribution is -2.82. The molecule has 0 saturated heterocycles. The van der Waals surface area contributed by atoms with Crippen LogP contribution in [-0.4, -0.2) is 13.6 Å². The van der Waals surface area contributed by atoms with E-state index in [4.69, 9.17) is 5.26 Å². The fourth-order valence-electron chi connectivity index (χ4n) is 2.54. The van der Waals surface area contributed by atoms with E-state index in [2.05, 4.69) is 55.5 Å². The van der Waals surface area contributed by atoms with Crippen molar-refractivity contribution in [3.05, 3.63) is 39.8 Å². The molecule has 0 fully saturated rings. The third kappa shape index (κ3) is 3.68. The summed E-state index contributed by atoms with van der Waals surface area (Å²) in [7, 11) is 2.09. The Balaban J connectivity index is 2.16. The summed E-state index contributed by atoms with van der Waals surface area (Å²) in [5.74, 6) is 0. The average Bonchev–Trinajstić information content (AvgIpc) is 2.88. The summed E-state index contributed by atoms with van der Waals surface area (Å²) < 4.78 is 0. The zero-order valence-electron chi connectivity index (χ0n) is 14.5. The molecule has 0 amide bonds. The second-order valence-electron chi connectivity index (χ2n) is 5.73. The van der Waals surface area contributed by atoms with Gasteiger partial charge in [0.1, 0.15) is 22.6 Å². The Morgan fingerprint density at radius 2 is 2.00 bits per heavy atom. The fourth-order valence-corrected chi connectivity index (χ4v) is 3.48. The molecule has 0 radical (unpaired) electrons. The molecule has 124 valence electrons. The van der Waals surface area contributed by atoms with Gasteiger partial charge >= 0.3 is 0 Å². The van der Waals surface area contributed by atoms with E-state index < -0.39 is 0 Å². The molecule has 5 nitrogen and oxygen atoms in total. The predicted molar refractivity (Wildman–Crippen MR) is 98.4 cm³/mol. The molecule has 0 aliphatic rings. The number of quaternary nitrogens is 1. The van der Waals surface area contributed by atoms with E-state index in [9.17, 15) is 5.26 Å². The lowest BCUT2D eigenvalue weighted by molar-refractivity contribution is -0.534. The number of thiophene rings is 1. The minimum Gasteiger partial charge on any atom is -0.375 e. The molecule has 24 heavy (non-hydrogen) atoms. The van der Waals surface area contributed by atoms with Gasteiger partial charge < -0.3 is 4.90 Å². The Labute approximate surface area is 147 Å². The van der Waals surface area contributed by atoms with Gasteiger partial charge in [-0.25, -0.2) is 10.9 Å². The van der Waals surface area contributed by atoms with Crippen molar-refractivity contribution in [1.82, 2.24) is 0 Å². The standard InChI is InChI=1S/C18H21N5S/c1-5-8-23(4)14-6-7-16(12(2)9-14)21-22-18-15(10-19)13(3)17(11-20)24-18/h6-7,9,21-22H,5,8H2,1-4H3/p+1. The van der Waals surface area contributed by atoms with Gasteiger partial charge in [0.05, 0.1) is 5.69 Å². The van der Waals surface area contributed by atoms with Crippen molar-refractivity contribution in [3.8, 4) is 12.1 Å². The van der Waals surface area contributed by atoms with Gasteiger partial charge in [-0.2, -0.15) is 10.5 Å². The van der Waals surface area contributed by atoms with Crippen LogP contribution in [0.3, 0.4) is 0 Å². The molecule has 2 aromatic rings. The zero-order valence-corrected chi connectivity index (χ0v) is 15.3. The number of anilines is 2. The minimum atomic E-state index is 0.570. The molecule has 1 heterocycles. The lowest BCUT2D eigenvalue weighted by Gasteiger charge is -2.19. The number of nitrogens with one attached hydrogen (secondary N) is 1. The second kappa shape index (κ2) is 7.83. The van der Waals surface area contributed by atoms with Crippen LogP contribution in [0.25, 0.3) is 0 Å². The highest BCUT2D eigenvalue weighted by Crippen LogP contribution is 2.28. The summed E-state index contributed by atoms with van der Waals surface area (Å²) in [5, 5.41) is 19.2. The maximum absolute atomic E-state index is 9.30. The summed E-state index contributed by atoms with van der Waals surface area (Å²) in [6.45, 7) is 7.06. The number of benzene rings is 1. The van der Waals surface area contributed by atoms with Gasteiger partial charge in [0, 0.05) is 24.8 Å². The smallest absolute Gasteiger partial charge is 0.229 e. The van der Waals surface area contributed by atoms with Crippen molar-refractivity contribution in [2.75, 3.05) is 23.9 Å². The number of aryl methyl sites for hydroxylation is 1. The minimum absolute atomic E-state index is 0.570. The highest BCUT2D eigenvalue weighted by Gasteiger charge is 2.18. The molecule has 1 aromatic carbocycles. The van der Waals surface area contributed by atoms with Crippen molar-refractivity contribution in [2.45, 2.75) is 27.2 Å². The van der Waals surface area contributed by atoms with E-state index in [1.807, 2.05) is 18.4 Å². The van der Waals surface area contributed by atoms with Crippen LogP contribution in [0.4, 0.5) is 16.4 Å². The lowest BCUT2D eigenvalue weighted by atomic mass is 10.1. The van der Waals surface area contributed by atoms with Crippen molar-refractivity contribution in [2.24, 2.45) is 0 Å². The number of rotatable bonds is 6. The van der Waals surface area contributed by atoms with Gasteiger partial charge in [-0.1, -0.05) is 18.3 Å². The monoisotopic (exact) mass is 340 g/mol. The summed E-state index contributed by atoms with van der Waals surface area (Å²) in [4.78, 5) is 2.82. The molecule has 0 aliphatic carbocycles. The largest absolute Gasteiger partial charge is 0.375 e. The van der Waals surface area contributed by atoms with Crippen molar-refractivity contribution in [1.29, 1.82) is 10.5 Å². The topological polar surface area (TPSA) is 79.5 Å². The van der Waals surface area contributed by atoms with Gasteiger partial charge in [0.2, 0.25) is 5.00 Å². The normalized spacial score (nSPS) is 10.1. The predicted octanol–water partition coefficient (Wildman–Crippen LogP) is 3.18. The molecule has 2 rings (SSSR count). The van der Waals surface area contributed by atoms with Crippen LogP contribution >= 0.6 is 11.3 Å². The van der Waals surface area contributed by atoms with Crippen LogP contribution in [0.15, 0.2) is 18.2 Å². The third-order valence-corrected chi connectivity index (χ3v) is 5.10. The quantitative estimate of drug-likeness (QED) is 0.625. The summed E-state index contributed by atoms with van der Waals surface area (Å²) in [6, 6.07) is 10.6. The van der Waals surface area contributed by atoms with Gasteiger partial charge in [-0.3, -0.25) is 0 Å². The molecule has 1 aromatic heterocycles. The van der Waals surface area contributed by atoms with Crippen molar-refractivity contribution in [3.63, 3.8) is 0 Å². The van der Waals surface area contributed by atoms with Crippen molar-refractivity contribution < 1.29 is 5.43 Å². The maximum atomic E-state index is 9.30. The summed E-state index contributed by atoms with van der Waals surface area (Å²) in [6.07, 6.45) is 1.11. The van der Waals surface area contributed by atoms with Crippen LogP contribution in [-0.2, 0) is 0 Å². The highest BCUT2D eigenvalue weighted by atomic mass is 32.1. The zero-order chi connectivity index (χ0) is 17.7. The molecule has 0 aliphatic heterocycles. The summed E-state index contributed by atoms with van der Waals surface area (Å²) in [5.41, 5.74) is 9.74. The second-order valence-corrected chi connectivity index (χ2v) is 6.78. The van der Waals surface area contributed by atoms with E-state index in [0.717, 1.165) is 34.8 Å². The van der Waals surface area contributed by atoms with E-state index in [1.165, 1.54) is 17.0 Å². The molecule has 0 bridgehead atoms. The molecule has 0 spiro atoms. The van der Waals surface area contributed by atoms with E-state index >= 15 is 0 Å². The van der Waals surface area contributed by atoms with Gasteiger partial charge in [0.15, 0.2) is 0 Å². The average molecular weight is 340 g/mol. The number of nitriles is 2. The molecular formula is C18H22N5S+. The molecule has 0 atom stereocenters. The number of nitrogens with two attached hydrogens (primary N) is 1. The molecular weight excluding hydrogens is 318 g/mol. The first-order valence-electron chi connectivity index (χ1n) is 7.87. The fraction of sp³-hybridized carbons (Fsp3) is 0.333. The Kier molecular flexibility index (Phi) is 5.81. The Hall–Kier alpha value is -2.54. The summed E-state index contributed by atoms with van der Waals surface area (Å²) >= 11 is 1.34. The van der Waals surface area contributed by atoms with E-state index in [1.54, 1.807) is 0 Å². The number of hydrogen-bond acceptors (Lipinski definition) is 5. The number of nitrogen functional groups attached to an aromatic ring is 1. The van der Waals surface area contributed by atoms with E-state index in [-0.39, 0.29) is 0 Å². The number of nitrogens with zero attached hydrogens (tertiary/aromatic N) is 3. The maximum Gasteiger partial charge on any atom is 0.229 e. The first-order valence-corrected chi connectivity index (χ1v) is 8.68. The molecule has 6 heteroatoms. The Bertz CT molecular complexity index is 810. The third-order valence-electron chi connectivity index (χ3n) is 3.96. The SMILES string of the molecule is CCCN(C)c1ccc(N[NH2+]c2sc(C#N)c(C)c2C#N)c(C)c1. The molecule has 3 N–H and O–H groups in total. The van der Waals surface area contributed by atoms with Gasteiger partial charge in [-0.15, -0.1) is 0 Å².